The van der Waals surface area contributed by atoms with E-state index in [2.05, 4.69) is 60.1 Å². The van der Waals surface area contributed by atoms with Crippen molar-refractivity contribution >= 4 is 0 Å². The number of benzene rings is 1. The predicted octanol–water partition coefficient (Wildman–Crippen LogP) is 2.66. The number of aromatic nitrogens is 2. The standard InChI is InChI=1S/C15H21N3/c1-4-16-9-15-10-17-18(13(15)3)11-14-8-6-5-7-12(14)2/h5-8,10,16H,4,9,11H2,1-3H3. The maximum absolute atomic E-state index is 4.48. The van der Waals surface area contributed by atoms with E-state index in [0.29, 0.717) is 0 Å². The van der Waals surface area contributed by atoms with Gasteiger partial charge in [-0.25, -0.2) is 0 Å². The maximum atomic E-state index is 4.48. The highest BCUT2D eigenvalue weighted by molar-refractivity contribution is 5.26. The third kappa shape index (κ3) is 2.79. The largest absolute Gasteiger partial charge is 0.313 e. The molecule has 2 aromatic rings. The first-order valence-electron chi connectivity index (χ1n) is 6.49. The van der Waals surface area contributed by atoms with Crippen molar-refractivity contribution in [3.63, 3.8) is 0 Å². The number of nitrogens with zero attached hydrogens (tertiary/aromatic N) is 2. The Bertz CT molecular complexity index is 514. The van der Waals surface area contributed by atoms with Gasteiger partial charge in [0.05, 0.1) is 12.7 Å². The molecule has 1 heterocycles. The van der Waals surface area contributed by atoms with Gasteiger partial charge in [0.2, 0.25) is 0 Å². The first-order valence-corrected chi connectivity index (χ1v) is 6.49. The molecular formula is C15H21N3. The van der Waals surface area contributed by atoms with Crippen LogP contribution in [0.3, 0.4) is 0 Å². The molecule has 0 saturated heterocycles. The summed E-state index contributed by atoms with van der Waals surface area (Å²) in [5.41, 5.74) is 5.18. The highest BCUT2D eigenvalue weighted by atomic mass is 15.3. The predicted molar refractivity (Wildman–Crippen MR) is 74.6 cm³/mol. The summed E-state index contributed by atoms with van der Waals surface area (Å²) < 4.78 is 2.08. The van der Waals surface area contributed by atoms with E-state index in [1.807, 2.05) is 6.20 Å². The fraction of sp³-hybridized carbons (Fsp3) is 0.400. The van der Waals surface area contributed by atoms with E-state index in [4.69, 9.17) is 0 Å². The van der Waals surface area contributed by atoms with Crippen LogP contribution in [0.4, 0.5) is 0 Å². The van der Waals surface area contributed by atoms with Crippen LogP contribution in [0.1, 0.15) is 29.3 Å². The highest BCUT2D eigenvalue weighted by Gasteiger charge is 2.07. The molecule has 0 aliphatic heterocycles. The molecule has 18 heavy (non-hydrogen) atoms. The van der Waals surface area contributed by atoms with Crippen LogP contribution in [0.5, 0.6) is 0 Å². The van der Waals surface area contributed by atoms with Gasteiger partial charge in [0.1, 0.15) is 0 Å². The summed E-state index contributed by atoms with van der Waals surface area (Å²) in [6, 6.07) is 8.47. The fourth-order valence-corrected chi connectivity index (χ4v) is 2.03. The molecule has 0 saturated carbocycles. The molecule has 0 bridgehead atoms. The Kier molecular flexibility index (Phi) is 4.15. The molecular weight excluding hydrogens is 222 g/mol. The van der Waals surface area contributed by atoms with Crippen molar-refractivity contribution in [3.8, 4) is 0 Å². The summed E-state index contributed by atoms with van der Waals surface area (Å²) in [5.74, 6) is 0. The minimum Gasteiger partial charge on any atom is -0.313 e. The van der Waals surface area contributed by atoms with E-state index in [9.17, 15) is 0 Å². The molecule has 1 aromatic heterocycles. The average molecular weight is 243 g/mol. The Morgan fingerprint density at radius 1 is 1.17 bits per heavy atom. The Morgan fingerprint density at radius 2 is 1.94 bits per heavy atom. The van der Waals surface area contributed by atoms with Crippen LogP contribution in [-0.2, 0) is 13.1 Å². The first kappa shape index (κ1) is 12.8. The molecule has 0 radical (unpaired) electrons. The third-order valence-corrected chi connectivity index (χ3v) is 3.35. The van der Waals surface area contributed by atoms with E-state index in [0.717, 1.165) is 19.6 Å². The van der Waals surface area contributed by atoms with Crippen LogP contribution < -0.4 is 5.32 Å². The molecule has 0 atom stereocenters. The van der Waals surface area contributed by atoms with Gasteiger partial charge < -0.3 is 5.32 Å². The Hall–Kier alpha value is -1.61. The molecule has 0 aliphatic rings. The van der Waals surface area contributed by atoms with Crippen molar-refractivity contribution in [3.05, 3.63) is 52.8 Å². The van der Waals surface area contributed by atoms with Crippen LogP contribution in [0.15, 0.2) is 30.5 Å². The van der Waals surface area contributed by atoms with Crippen molar-refractivity contribution in [2.24, 2.45) is 0 Å². The molecule has 96 valence electrons. The topological polar surface area (TPSA) is 29.9 Å². The van der Waals surface area contributed by atoms with Gasteiger partial charge in [-0.3, -0.25) is 4.68 Å². The number of hydrogen-bond donors (Lipinski definition) is 1. The van der Waals surface area contributed by atoms with Crippen LogP contribution in [0.2, 0.25) is 0 Å². The van der Waals surface area contributed by atoms with Crippen molar-refractivity contribution in [1.82, 2.24) is 15.1 Å². The summed E-state index contributed by atoms with van der Waals surface area (Å²) in [4.78, 5) is 0. The number of aryl methyl sites for hydroxylation is 1. The van der Waals surface area contributed by atoms with Gasteiger partial charge in [0.25, 0.3) is 0 Å². The lowest BCUT2D eigenvalue weighted by molar-refractivity contribution is 0.657. The second kappa shape index (κ2) is 5.83. The van der Waals surface area contributed by atoms with Crippen molar-refractivity contribution in [2.75, 3.05) is 6.54 Å². The van der Waals surface area contributed by atoms with Gasteiger partial charge in [0, 0.05) is 17.8 Å². The zero-order chi connectivity index (χ0) is 13.0. The Labute approximate surface area is 109 Å². The molecule has 3 heteroatoms. The molecule has 0 fully saturated rings. The van der Waals surface area contributed by atoms with Gasteiger partial charge in [-0.1, -0.05) is 31.2 Å². The first-order chi connectivity index (χ1) is 8.72. The Morgan fingerprint density at radius 3 is 2.67 bits per heavy atom. The lowest BCUT2D eigenvalue weighted by Gasteiger charge is -2.08. The lowest BCUT2D eigenvalue weighted by atomic mass is 10.1. The number of nitrogens with one attached hydrogen (secondary N) is 1. The lowest BCUT2D eigenvalue weighted by Crippen LogP contribution is -2.12. The molecule has 0 unspecified atom stereocenters. The van der Waals surface area contributed by atoms with Gasteiger partial charge in [0.15, 0.2) is 0 Å². The van der Waals surface area contributed by atoms with Crippen molar-refractivity contribution in [2.45, 2.75) is 33.9 Å². The molecule has 1 aromatic carbocycles. The summed E-state index contributed by atoms with van der Waals surface area (Å²) in [5, 5.41) is 7.82. The quantitative estimate of drug-likeness (QED) is 0.875. The molecule has 3 nitrogen and oxygen atoms in total. The number of rotatable bonds is 5. The summed E-state index contributed by atoms with van der Waals surface area (Å²) in [6.07, 6.45) is 1.97. The van der Waals surface area contributed by atoms with Gasteiger partial charge in [-0.15, -0.1) is 0 Å². The fourth-order valence-electron chi connectivity index (χ4n) is 2.03. The van der Waals surface area contributed by atoms with Gasteiger partial charge in [-0.2, -0.15) is 5.10 Å². The van der Waals surface area contributed by atoms with E-state index < -0.39 is 0 Å². The van der Waals surface area contributed by atoms with E-state index in [-0.39, 0.29) is 0 Å². The van der Waals surface area contributed by atoms with E-state index >= 15 is 0 Å². The monoisotopic (exact) mass is 243 g/mol. The highest BCUT2D eigenvalue weighted by Crippen LogP contribution is 2.12. The SMILES string of the molecule is CCNCc1cnn(Cc2ccccc2C)c1C. The van der Waals surface area contributed by atoms with E-state index in [1.54, 1.807) is 0 Å². The zero-order valence-electron chi connectivity index (χ0n) is 11.4. The Balaban J connectivity index is 2.15. The van der Waals surface area contributed by atoms with E-state index in [1.165, 1.54) is 22.4 Å². The van der Waals surface area contributed by atoms with Gasteiger partial charge in [-0.05, 0) is 31.5 Å². The van der Waals surface area contributed by atoms with Crippen LogP contribution in [-0.4, -0.2) is 16.3 Å². The molecule has 0 spiro atoms. The average Bonchev–Trinajstić information content (AvgIpc) is 2.71. The normalized spacial score (nSPS) is 10.8. The second-order valence-electron chi connectivity index (χ2n) is 4.62. The maximum Gasteiger partial charge on any atom is 0.0665 e. The molecule has 0 aliphatic carbocycles. The minimum absolute atomic E-state index is 0.852. The van der Waals surface area contributed by atoms with Crippen LogP contribution in [0, 0.1) is 13.8 Å². The van der Waals surface area contributed by atoms with Crippen LogP contribution in [0.25, 0.3) is 0 Å². The molecule has 1 N–H and O–H groups in total. The summed E-state index contributed by atoms with van der Waals surface area (Å²) in [7, 11) is 0. The molecule has 2 rings (SSSR count). The minimum atomic E-state index is 0.852. The zero-order valence-corrected chi connectivity index (χ0v) is 11.4. The number of hydrogen-bond acceptors (Lipinski definition) is 2. The van der Waals surface area contributed by atoms with Gasteiger partial charge >= 0.3 is 0 Å². The third-order valence-electron chi connectivity index (χ3n) is 3.35. The molecule has 0 amide bonds. The second-order valence-corrected chi connectivity index (χ2v) is 4.62. The van der Waals surface area contributed by atoms with Crippen molar-refractivity contribution < 1.29 is 0 Å². The summed E-state index contributed by atoms with van der Waals surface area (Å²) in [6.45, 7) is 9.14. The smallest absolute Gasteiger partial charge is 0.0665 e. The van der Waals surface area contributed by atoms with Crippen molar-refractivity contribution in [1.29, 1.82) is 0 Å². The van der Waals surface area contributed by atoms with Crippen LogP contribution >= 0.6 is 0 Å². The summed E-state index contributed by atoms with van der Waals surface area (Å²) >= 11 is 0.